The maximum Gasteiger partial charge on any atom is 0.189 e. The Morgan fingerprint density at radius 3 is 2.94 bits per heavy atom. The molecule has 1 aromatic carbocycles. The molecule has 0 saturated carbocycles. The molecule has 0 unspecified atom stereocenters. The Bertz CT molecular complexity index is 494. The van der Waals surface area contributed by atoms with Gasteiger partial charge in [0, 0.05) is 29.9 Å². The zero-order valence-electron chi connectivity index (χ0n) is 8.75. The Hall–Kier alpha value is -1.46. The van der Waals surface area contributed by atoms with Crippen molar-refractivity contribution in [1.82, 2.24) is 4.98 Å². The maximum atomic E-state index is 5.60. The highest BCUT2D eigenvalue weighted by Gasteiger charge is 2.07. The van der Waals surface area contributed by atoms with Gasteiger partial charge in [-0.25, -0.2) is 4.98 Å². The standard InChI is InChI=1S/C11H11N3S2/c1-14(11-13-5-6-16-11)9-4-2-3-8(7-9)10(12)15/h2-7H,1H3,(H2,12,15). The van der Waals surface area contributed by atoms with Crippen LogP contribution in [0, 0.1) is 0 Å². The molecule has 2 N–H and O–H groups in total. The van der Waals surface area contributed by atoms with Crippen LogP contribution in [-0.4, -0.2) is 17.0 Å². The number of hydrogen-bond acceptors (Lipinski definition) is 4. The van der Waals surface area contributed by atoms with Gasteiger partial charge in [0.1, 0.15) is 4.99 Å². The van der Waals surface area contributed by atoms with Gasteiger partial charge in [-0.1, -0.05) is 24.4 Å². The number of thiazole rings is 1. The smallest absolute Gasteiger partial charge is 0.189 e. The monoisotopic (exact) mass is 249 g/mol. The molecule has 0 amide bonds. The first kappa shape index (κ1) is 11.0. The normalized spacial score (nSPS) is 10.1. The predicted molar refractivity (Wildman–Crippen MR) is 72.5 cm³/mol. The quantitative estimate of drug-likeness (QED) is 0.849. The van der Waals surface area contributed by atoms with Crippen molar-refractivity contribution in [3.05, 3.63) is 41.4 Å². The van der Waals surface area contributed by atoms with Crippen molar-refractivity contribution in [2.45, 2.75) is 0 Å². The summed E-state index contributed by atoms with van der Waals surface area (Å²) in [5.41, 5.74) is 7.50. The molecule has 2 aromatic rings. The molecule has 0 saturated heterocycles. The van der Waals surface area contributed by atoms with Crippen LogP contribution in [0.25, 0.3) is 0 Å². The van der Waals surface area contributed by atoms with Crippen LogP contribution in [0.5, 0.6) is 0 Å². The third-order valence-electron chi connectivity index (χ3n) is 2.22. The van der Waals surface area contributed by atoms with E-state index < -0.39 is 0 Å². The number of benzene rings is 1. The molecule has 0 radical (unpaired) electrons. The van der Waals surface area contributed by atoms with E-state index in [0.717, 1.165) is 16.4 Å². The number of nitrogens with two attached hydrogens (primary N) is 1. The number of nitrogens with zero attached hydrogens (tertiary/aromatic N) is 2. The Morgan fingerprint density at radius 1 is 1.50 bits per heavy atom. The fourth-order valence-electron chi connectivity index (χ4n) is 1.36. The number of thiocarbonyl (C=S) groups is 1. The summed E-state index contributed by atoms with van der Waals surface area (Å²) >= 11 is 6.55. The average Bonchev–Trinajstić information content (AvgIpc) is 2.81. The predicted octanol–water partition coefficient (Wildman–Crippen LogP) is 2.55. The third kappa shape index (κ3) is 2.20. The van der Waals surface area contributed by atoms with Crippen LogP contribution in [-0.2, 0) is 0 Å². The first-order valence-corrected chi connectivity index (χ1v) is 6.00. The summed E-state index contributed by atoms with van der Waals surface area (Å²) in [7, 11) is 1.97. The molecular formula is C11H11N3S2. The Balaban J connectivity index is 2.34. The Labute approximate surface area is 104 Å². The number of rotatable bonds is 3. The van der Waals surface area contributed by atoms with E-state index in [9.17, 15) is 0 Å². The van der Waals surface area contributed by atoms with Crippen molar-refractivity contribution < 1.29 is 0 Å². The van der Waals surface area contributed by atoms with E-state index in [0.29, 0.717) is 4.99 Å². The van der Waals surface area contributed by atoms with Gasteiger partial charge in [-0.05, 0) is 12.1 Å². The molecule has 0 atom stereocenters. The second-order valence-corrected chi connectivity index (χ2v) is 4.60. The van der Waals surface area contributed by atoms with Crippen LogP contribution in [0.1, 0.15) is 5.56 Å². The van der Waals surface area contributed by atoms with Gasteiger partial charge < -0.3 is 10.6 Å². The van der Waals surface area contributed by atoms with E-state index in [2.05, 4.69) is 4.98 Å². The van der Waals surface area contributed by atoms with E-state index in [-0.39, 0.29) is 0 Å². The van der Waals surface area contributed by atoms with Crippen LogP contribution in [0.4, 0.5) is 10.8 Å². The molecule has 82 valence electrons. The zero-order chi connectivity index (χ0) is 11.5. The van der Waals surface area contributed by atoms with Crippen LogP contribution in [0.2, 0.25) is 0 Å². The molecule has 1 heterocycles. The lowest BCUT2D eigenvalue weighted by Crippen LogP contribution is -2.12. The number of aromatic nitrogens is 1. The van der Waals surface area contributed by atoms with Gasteiger partial charge in [0.2, 0.25) is 0 Å². The summed E-state index contributed by atoms with van der Waals surface area (Å²) in [5.74, 6) is 0. The summed E-state index contributed by atoms with van der Waals surface area (Å²) in [4.78, 5) is 6.67. The molecule has 3 nitrogen and oxygen atoms in total. The van der Waals surface area contributed by atoms with Gasteiger partial charge in [-0.2, -0.15) is 0 Å². The summed E-state index contributed by atoms with van der Waals surface area (Å²) < 4.78 is 0. The van der Waals surface area contributed by atoms with Gasteiger partial charge in [0.15, 0.2) is 5.13 Å². The van der Waals surface area contributed by atoms with E-state index in [1.54, 1.807) is 17.5 Å². The highest BCUT2D eigenvalue weighted by molar-refractivity contribution is 7.80. The highest BCUT2D eigenvalue weighted by Crippen LogP contribution is 2.25. The first-order chi connectivity index (χ1) is 7.68. The van der Waals surface area contributed by atoms with E-state index in [1.807, 2.05) is 41.6 Å². The van der Waals surface area contributed by atoms with Crippen LogP contribution < -0.4 is 10.6 Å². The van der Waals surface area contributed by atoms with E-state index in [4.69, 9.17) is 18.0 Å². The molecule has 0 aliphatic carbocycles. The van der Waals surface area contributed by atoms with Crippen molar-refractivity contribution in [2.24, 2.45) is 5.73 Å². The zero-order valence-corrected chi connectivity index (χ0v) is 10.4. The molecule has 0 aliphatic heterocycles. The molecule has 0 fully saturated rings. The van der Waals surface area contributed by atoms with Gasteiger partial charge in [0.25, 0.3) is 0 Å². The molecule has 0 bridgehead atoms. The minimum Gasteiger partial charge on any atom is -0.389 e. The molecule has 1 aromatic heterocycles. The molecule has 0 spiro atoms. The lowest BCUT2D eigenvalue weighted by Gasteiger charge is -2.16. The Kier molecular flexibility index (Phi) is 3.17. The number of anilines is 2. The third-order valence-corrected chi connectivity index (χ3v) is 3.31. The molecule has 0 aliphatic rings. The summed E-state index contributed by atoms with van der Waals surface area (Å²) in [6.07, 6.45) is 1.79. The van der Waals surface area contributed by atoms with Crippen LogP contribution in [0.3, 0.4) is 0 Å². The van der Waals surface area contributed by atoms with E-state index >= 15 is 0 Å². The summed E-state index contributed by atoms with van der Waals surface area (Å²) in [6, 6.07) is 7.81. The van der Waals surface area contributed by atoms with Gasteiger partial charge >= 0.3 is 0 Å². The molecular weight excluding hydrogens is 238 g/mol. The average molecular weight is 249 g/mol. The van der Waals surface area contributed by atoms with Crippen molar-refractivity contribution >= 4 is 39.4 Å². The molecule has 16 heavy (non-hydrogen) atoms. The fraction of sp³-hybridized carbons (Fsp3) is 0.0909. The lowest BCUT2D eigenvalue weighted by atomic mass is 10.2. The maximum absolute atomic E-state index is 5.60. The highest BCUT2D eigenvalue weighted by atomic mass is 32.1. The van der Waals surface area contributed by atoms with E-state index in [1.165, 1.54) is 0 Å². The van der Waals surface area contributed by atoms with Gasteiger partial charge in [0.05, 0.1) is 0 Å². The van der Waals surface area contributed by atoms with Crippen molar-refractivity contribution in [2.75, 3.05) is 11.9 Å². The molecule has 5 heteroatoms. The minimum absolute atomic E-state index is 0.411. The minimum atomic E-state index is 0.411. The second-order valence-electron chi connectivity index (χ2n) is 3.29. The van der Waals surface area contributed by atoms with Gasteiger partial charge in [-0.15, -0.1) is 11.3 Å². The first-order valence-electron chi connectivity index (χ1n) is 4.71. The number of hydrogen-bond donors (Lipinski definition) is 1. The molecule has 2 rings (SSSR count). The van der Waals surface area contributed by atoms with Gasteiger partial charge in [-0.3, -0.25) is 0 Å². The summed E-state index contributed by atoms with van der Waals surface area (Å²) in [6.45, 7) is 0. The van der Waals surface area contributed by atoms with Crippen LogP contribution >= 0.6 is 23.6 Å². The van der Waals surface area contributed by atoms with Crippen molar-refractivity contribution in [3.8, 4) is 0 Å². The van der Waals surface area contributed by atoms with Crippen molar-refractivity contribution in [3.63, 3.8) is 0 Å². The summed E-state index contributed by atoms with van der Waals surface area (Å²) in [5, 5.41) is 2.89. The second kappa shape index (κ2) is 4.59. The largest absolute Gasteiger partial charge is 0.389 e. The topological polar surface area (TPSA) is 42.1 Å². The van der Waals surface area contributed by atoms with Crippen molar-refractivity contribution in [1.29, 1.82) is 0 Å². The van der Waals surface area contributed by atoms with Crippen LogP contribution in [0.15, 0.2) is 35.8 Å². The fourth-order valence-corrected chi connectivity index (χ4v) is 2.12. The SMILES string of the molecule is CN(c1cccc(C(N)=S)c1)c1nccs1. The Morgan fingerprint density at radius 2 is 2.31 bits per heavy atom. The lowest BCUT2D eigenvalue weighted by molar-refractivity contribution is 1.17.